The summed E-state index contributed by atoms with van der Waals surface area (Å²) in [5.74, 6) is 0.326. The monoisotopic (exact) mass is 293 g/mol. The number of nitrogens with one attached hydrogen (secondary N) is 3. The second kappa shape index (κ2) is 8.97. The maximum atomic E-state index is 11.9. The molecule has 0 aromatic heterocycles. The number of amides is 2. The molecule has 1 aromatic carbocycles. The first-order valence-electron chi connectivity index (χ1n) is 6.93. The summed E-state index contributed by atoms with van der Waals surface area (Å²) in [5.41, 5.74) is 0.532. The number of carbonyl (C=O) groups is 2. The number of rotatable bonds is 8. The van der Waals surface area contributed by atoms with E-state index >= 15 is 0 Å². The van der Waals surface area contributed by atoms with Gasteiger partial charge < -0.3 is 20.7 Å². The standard InChI is InChI=1S/C15H23N3O3/c1-11(10-16-2)14(19)17-7-8-18-15(20)12-5-4-6-13(9-12)21-3/h4-6,9,11,16H,7-8,10H2,1-3H3,(H,17,19)(H,18,20). The Kier molecular flexibility index (Phi) is 7.25. The summed E-state index contributed by atoms with van der Waals surface area (Å²) in [5, 5.41) is 8.48. The van der Waals surface area contributed by atoms with Gasteiger partial charge in [0.15, 0.2) is 0 Å². The lowest BCUT2D eigenvalue weighted by molar-refractivity contribution is -0.124. The molecule has 0 heterocycles. The fraction of sp³-hybridized carbons (Fsp3) is 0.467. The van der Waals surface area contributed by atoms with Gasteiger partial charge in [0.05, 0.1) is 7.11 Å². The van der Waals surface area contributed by atoms with E-state index in [0.29, 0.717) is 30.9 Å². The Hall–Kier alpha value is -2.08. The van der Waals surface area contributed by atoms with Gasteiger partial charge in [-0.3, -0.25) is 9.59 Å². The molecule has 6 nitrogen and oxygen atoms in total. The van der Waals surface area contributed by atoms with Gasteiger partial charge >= 0.3 is 0 Å². The Bertz CT molecular complexity index is 477. The predicted molar refractivity (Wildman–Crippen MR) is 81.4 cm³/mol. The van der Waals surface area contributed by atoms with E-state index in [0.717, 1.165) is 0 Å². The van der Waals surface area contributed by atoms with Crippen LogP contribution in [0.15, 0.2) is 24.3 Å². The van der Waals surface area contributed by atoms with Crippen molar-refractivity contribution in [3.63, 3.8) is 0 Å². The van der Waals surface area contributed by atoms with Gasteiger partial charge in [-0.05, 0) is 25.2 Å². The fourth-order valence-electron chi connectivity index (χ4n) is 1.80. The average Bonchev–Trinajstić information content (AvgIpc) is 2.51. The normalized spacial score (nSPS) is 11.6. The highest BCUT2D eigenvalue weighted by Crippen LogP contribution is 2.12. The Morgan fingerprint density at radius 1 is 1.24 bits per heavy atom. The number of methoxy groups -OCH3 is 1. The van der Waals surface area contributed by atoms with Gasteiger partial charge in [-0.2, -0.15) is 0 Å². The summed E-state index contributed by atoms with van der Waals surface area (Å²) < 4.78 is 5.07. The third-order valence-electron chi connectivity index (χ3n) is 3.00. The van der Waals surface area contributed by atoms with Gasteiger partial charge in [0.2, 0.25) is 5.91 Å². The molecule has 0 spiro atoms. The van der Waals surface area contributed by atoms with E-state index in [1.165, 1.54) is 0 Å². The molecule has 0 bridgehead atoms. The summed E-state index contributed by atoms with van der Waals surface area (Å²) >= 11 is 0. The van der Waals surface area contributed by atoms with Crippen molar-refractivity contribution in [3.05, 3.63) is 29.8 Å². The van der Waals surface area contributed by atoms with Crippen LogP contribution < -0.4 is 20.7 Å². The molecule has 2 amide bonds. The molecule has 6 heteroatoms. The van der Waals surface area contributed by atoms with E-state index in [4.69, 9.17) is 4.74 Å². The molecule has 1 aromatic rings. The third kappa shape index (κ3) is 5.83. The Morgan fingerprint density at radius 2 is 1.95 bits per heavy atom. The van der Waals surface area contributed by atoms with Crippen LogP contribution in [0.3, 0.4) is 0 Å². The fourth-order valence-corrected chi connectivity index (χ4v) is 1.80. The van der Waals surface area contributed by atoms with Gasteiger partial charge in [0.1, 0.15) is 5.75 Å². The van der Waals surface area contributed by atoms with E-state index in [1.54, 1.807) is 38.4 Å². The zero-order valence-electron chi connectivity index (χ0n) is 12.7. The van der Waals surface area contributed by atoms with Gasteiger partial charge in [0, 0.05) is 31.1 Å². The molecule has 0 aliphatic heterocycles. The second-order valence-electron chi connectivity index (χ2n) is 4.74. The lowest BCUT2D eigenvalue weighted by atomic mass is 10.1. The molecule has 0 saturated carbocycles. The van der Waals surface area contributed by atoms with Crippen molar-refractivity contribution in [2.24, 2.45) is 5.92 Å². The van der Waals surface area contributed by atoms with Crippen molar-refractivity contribution in [1.82, 2.24) is 16.0 Å². The summed E-state index contributed by atoms with van der Waals surface area (Å²) in [6.45, 7) is 3.26. The van der Waals surface area contributed by atoms with Crippen LogP contribution in [0.2, 0.25) is 0 Å². The highest BCUT2D eigenvalue weighted by Gasteiger charge is 2.11. The lowest BCUT2D eigenvalue weighted by Crippen LogP contribution is -2.39. The third-order valence-corrected chi connectivity index (χ3v) is 3.00. The number of ether oxygens (including phenoxy) is 1. The topological polar surface area (TPSA) is 79.5 Å². The number of benzene rings is 1. The van der Waals surface area contributed by atoms with E-state index < -0.39 is 0 Å². The largest absolute Gasteiger partial charge is 0.497 e. The first-order chi connectivity index (χ1) is 10.1. The smallest absolute Gasteiger partial charge is 0.251 e. The zero-order chi connectivity index (χ0) is 15.7. The minimum absolute atomic E-state index is 0.0278. The summed E-state index contributed by atoms with van der Waals surface area (Å²) in [6.07, 6.45) is 0. The maximum Gasteiger partial charge on any atom is 0.251 e. The Balaban J connectivity index is 2.32. The molecule has 116 valence electrons. The molecule has 1 rings (SSSR count). The summed E-state index contributed by atoms with van der Waals surface area (Å²) in [6, 6.07) is 6.92. The van der Waals surface area contributed by atoms with Gasteiger partial charge in [0.25, 0.3) is 5.91 Å². The van der Waals surface area contributed by atoms with Crippen LogP contribution in [0.4, 0.5) is 0 Å². The number of hydrogen-bond acceptors (Lipinski definition) is 4. The van der Waals surface area contributed by atoms with E-state index in [1.807, 2.05) is 6.92 Å². The quantitative estimate of drug-likeness (QED) is 0.606. The van der Waals surface area contributed by atoms with Gasteiger partial charge in [-0.1, -0.05) is 13.0 Å². The van der Waals surface area contributed by atoms with Crippen LogP contribution in [-0.4, -0.2) is 45.6 Å². The molecule has 0 radical (unpaired) electrons. The van der Waals surface area contributed by atoms with Crippen LogP contribution in [0, 0.1) is 5.92 Å². The van der Waals surface area contributed by atoms with Crippen molar-refractivity contribution < 1.29 is 14.3 Å². The zero-order valence-corrected chi connectivity index (χ0v) is 12.7. The highest BCUT2D eigenvalue weighted by molar-refractivity contribution is 5.94. The summed E-state index contributed by atoms with van der Waals surface area (Å²) in [7, 11) is 3.36. The van der Waals surface area contributed by atoms with E-state index in [9.17, 15) is 9.59 Å². The minimum Gasteiger partial charge on any atom is -0.497 e. The Morgan fingerprint density at radius 3 is 2.62 bits per heavy atom. The number of hydrogen-bond donors (Lipinski definition) is 3. The van der Waals surface area contributed by atoms with Crippen molar-refractivity contribution in [1.29, 1.82) is 0 Å². The van der Waals surface area contributed by atoms with Crippen molar-refractivity contribution in [2.45, 2.75) is 6.92 Å². The molecule has 0 fully saturated rings. The molecule has 1 atom stereocenters. The van der Waals surface area contributed by atoms with E-state index in [-0.39, 0.29) is 17.7 Å². The molecular formula is C15H23N3O3. The maximum absolute atomic E-state index is 11.9. The Labute approximate surface area is 125 Å². The second-order valence-corrected chi connectivity index (χ2v) is 4.74. The van der Waals surface area contributed by atoms with Crippen LogP contribution in [-0.2, 0) is 4.79 Å². The SMILES string of the molecule is CNCC(C)C(=O)NCCNC(=O)c1cccc(OC)c1. The number of carbonyl (C=O) groups excluding carboxylic acids is 2. The first kappa shape index (κ1) is 17.0. The molecule has 1 unspecified atom stereocenters. The van der Waals surface area contributed by atoms with E-state index in [2.05, 4.69) is 16.0 Å². The van der Waals surface area contributed by atoms with Crippen LogP contribution in [0.25, 0.3) is 0 Å². The van der Waals surface area contributed by atoms with Crippen molar-refractivity contribution in [3.8, 4) is 5.75 Å². The van der Waals surface area contributed by atoms with Crippen LogP contribution in [0.5, 0.6) is 5.75 Å². The summed E-state index contributed by atoms with van der Waals surface area (Å²) in [4.78, 5) is 23.6. The lowest BCUT2D eigenvalue weighted by Gasteiger charge is -2.12. The van der Waals surface area contributed by atoms with Crippen LogP contribution >= 0.6 is 0 Å². The molecule has 21 heavy (non-hydrogen) atoms. The van der Waals surface area contributed by atoms with Gasteiger partial charge in [-0.15, -0.1) is 0 Å². The highest BCUT2D eigenvalue weighted by atomic mass is 16.5. The van der Waals surface area contributed by atoms with Crippen LogP contribution in [0.1, 0.15) is 17.3 Å². The minimum atomic E-state index is -0.188. The van der Waals surface area contributed by atoms with Crippen molar-refractivity contribution >= 4 is 11.8 Å². The average molecular weight is 293 g/mol. The molecule has 0 saturated heterocycles. The van der Waals surface area contributed by atoms with Crippen molar-refractivity contribution in [2.75, 3.05) is 33.8 Å². The predicted octanol–water partition coefficient (Wildman–Crippen LogP) is 0.397. The molecule has 3 N–H and O–H groups in total. The first-order valence-corrected chi connectivity index (χ1v) is 6.93. The molecule has 0 aliphatic rings. The van der Waals surface area contributed by atoms with Gasteiger partial charge in [-0.25, -0.2) is 0 Å². The molecular weight excluding hydrogens is 270 g/mol. The molecule has 0 aliphatic carbocycles.